The van der Waals surface area contributed by atoms with Crippen molar-refractivity contribution in [1.29, 1.82) is 0 Å². The Labute approximate surface area is 104 Å². The van der Waals surface area contributed by atoms with Gasteiger partial charge in [-0.25, -0.2) is 4.98 Å². The second kappa shape index (κ2) is 5.04. The third-order valence-electron chi connectivity index (χ3n) is 3.02. The lowest BCUT2D eigenvalue weighted by molar-refractivity contribution is 0.159. The van der Waals surface area contributed by atoms with E-state index in [0.29, 0.717) is 5.25 Å². The van der Waals surface area contributed by atoms with Crippen LogP contribution in [0.15, 0.2) is 9.72 Å². The van der Waals surface area contributed by atoms with Gasteiger partial charge < -0.3 is 10.8 Å². The molecule has 1 saturated carbocycles. The number of nitrogens with zero attached hydrogens (tertiary/aromatic N) is 1. The maximum atomic E-state index is 9.29. The van der Waals surface area contributed by atoms with Crippen LogP contribution in [0.5, 0.6) is 0 Å². The summed E-state index contributed by atoms with van der Waals surface area (Å²) in [6.45, 7) is 2.11. The van der Waals surface area contributed by atoms with Gasteiger partial charge in [0.25, 0.3) is 0 Å². The first-order valence-electron chi connectivity index (χ1n) is 5.60. The molecule has 1 aromatic rings. The maximum absolute atomic E-state index is 9.29. The van der Waals surface area contributed by atoms with Crippen LogP contribution in [-0.4, -0.2) is 27.5 Å². The van der Waals surface area contributed by atoms with Crippen molar-refractivity contribution < 1.29 is 5.11 Å². The minimum atomic E-state index is -0.359. The number of hydrogen-bond donors (Lipinski definition) is 2. The van der Waals surface area contributed by atoms with Crippen LogP contribution in [0.2, 0.25) is 0 Å². The predicted octanol–water partition coefficient (Wildman–Crippen LogP) is 2.18. The zero-order valence-electron chi connectivity index (χ0n) is 9.48. The third kappa shape index (κ3) is 2.97. The molecule has 3 nitrogen and oxygen atoms in total. The van der Waals surface area contributed by atoms with Gasteiger partial charge in [0.05, 0.1) is 6.61 Å². The summed E-state index contributed by atoms with van der Waals surface area (Å²) in [6.07, 6.45) is 4.13. The number of nitrogens with two attached hydrogens (primary N) is 1. The Hall–Kier alpha value is -0.100. The molecule has 2 unspecified atom stereocenters. The Morgan fingerprint density at radius 2 is 2.56 bits per heavy atom. The van der Waals surface area contributed by atoms with Crippen molar-refractivity contribution >= 4 is 23.1 Å². The number of aliphatic hydroxyl groups excluding tert-OH is 1. The number of aliphatic hydroxyl groups is 1. The SMILES string of the molecule is Cc1csc(SC2CCCC(N)(CO)C2)n1. The lowest BCUT2D eigenvalue weighted by Gasteiger charge is -2.35. The molecule has 1 aliphatic rings. The first-order valence-corrected chi connectivity index (χ1v) is 7.36. The van der Waals surface area contributed by atoms with Gasteiger partial charge >= 0.3 is 0 Å². The summed E-state index contributed by atoms with van der Waals surface area (Å²) in [5.74, 6) is 0. The van der Waals surface area contributed by atoms with Crippen LogP contribution in [0.25, 0.3) is 0 Å². The molecule has 16 heavy (non-hydrogen) atoms. The van der Waals surface area contributed by atoms with Crippen molar-refractivity contribution in [2.45, 2.75) is 47.7 Å². The molecule has 2 rings (SSSR count). The fourth-order valence-corrected chi connectivity index (χ4v) is 4.59. The summed E-state index contributed by atoms with van der Waals surface area (Å²) in [5, 5.41) is 11.9. The summed E-state index contributed by atoms with van der Waals surface area (Å²) >= 11 is 3.52. The monoisotopic (exact) mass is 258 g/mol. The molecule has 0 aromatic carbocycles. The van der Waals surface area contributed by atoms with E-state index >= 15 is 0 Å². The highest BCUT2D eigenvalue weighted by molar-refractivity contribution is 8.01. The second-order valence-electron chi connectivity index (χ2n) is 4.61. The number of thioether (sulfide) groups is 1. The first kappa shape index (κ1) is 12.4. The molecule has 1 fully saturated rings. The van der Waals surface area contributed by atoms with Crippen LogP contribution in [0, 0.1) is 6.92 Å². The lowest BCUT2D eigenvalue weighted by Crippen LogP contribution is -2.48. The zero-order chi connectivity index (χ0) is 11.6. The van der Waals surface area contributed by atoms with Crippen LogP contribution in [0.1, 0.15) is 31.4 Å². The maximum Gasteiger partial charge on any atom is 0.150 e. The number of hydrogen-bond acceptors (Lipinski definition) is 5. The molecule has 1 aromatic heterocycles. The molecule has 3 N–H and O–H groups in total. The molecule has 0 spiro atoms. The van der Waals surface area contributed by atoms with Gasteiger partial charge in [0.1, 0.15) is 4.34 Å². The van der Waals surface area contributed by atoms with Crippen LogP contribution in [0.4, 0.5) is 0 Å². The molecule has 1 aliphatic carbocycles. The molecule has 1 heterocycles. The molecule has 90 valence electrons. The van der Waals surface area contributed by atoms with Gasteiger partial charge in [-0.15, -0.1) is 11.3 Å². The summed E-state index contributed by atoms with van der Waals surface area (Å²) in [7, 11) is 0. The van der Waals surface area contributed by atoms with Crippen molar-refractivity contribution in [3.05, 3.63) is 11.1 Å². The fourth-order valence-electron chi connectivity index (χ4n) is 2.11. The van der Waals surface area contributed by atoms with Gasteiger partial charge in [-0.3, -0.25) is 0 Å². The number of aryl methyl sites for hydroxylation is 1. The molecular weight excluding hydrogens is 240 g/mol. The highest BCUT2D eigenvalue weighted by Crippen LogP contribution is 2.38. The quantitative estimate of drug-likeness (QED) is 0.872. The summed E-state index contributed by atoms with van der Waals surface area (Å²) in [4.78, 5) is 4.46. The topological polar surface area (TPSA) is 59.1 Å². The molecule has 0 saturated heterocycles. The normalized spacial score (nSPS) is 30.6. The Morgan fingerprint density at radius 1 is 1.75 bits per heavy atom. The minimum Gasteiger partial charge on any atom is -0.394 e. The van der Waals surface area contributed by atoms with Gasteiger partial charge in [-0.2, -0.15) is 0 Å². The summed E-state index contributed by atoms with van der Waals surface area (Å²) in [6, 6.07) is 0. The average molecular weight is 258 g/mol. The Bertz CT molecular complexity index is 356. The van der Waals surface area contributed by atoms with E-state index in [1.54, 1.807) is 11.3 Å². The molecule has 0 bridgehead atoms. The van der Waals surface area contributed by atoms with Crippen LogP contribution in [-0.2, 0) is 0 Å². The van der Waals surface area contributed by atoms with Gasteiger partial charge in [-0.05, 0) is 26.2 Å². The number of aromatic nitrogens is 1. The van der Waals surface area contributed by atoms with Crippen molar-refractivity contribution in [3.8, 4) is 0 Å². The molecular formula is C11H18N2OS2. The van der Waals surface area contributed by atoms with Crippen LogP contribution < -0.4 is 5.73 Å². The Morgan fingerprint density at radius 3 is 3.19 bits per heavy atom. The van der Waals surface area contributed by atoms with E-state index in [4.69, 9.17) is 5.73 Å². The average Bonchev–Trinajstić information content (AvgIpc) is 2.64. The fraction of sp³-hybridized carbons (Fsp3) is 0.727. The van der Waals surface area contributed by atoms with Gasteiger partial charge in [-0.1, -0.05) is 18.2 Å². The molecule has 0 amide bonds. The summed E-state index contributed by atoms with van der Waals surface area (Å²) < 4.78 is 1.13. The van der Waals surface area contributed by atoms with Gasteiger partial charge in [0.15, 0.2) is 0 Å². The van der Waals surface area contributed by atoms with Crippen molar-refractivity contribution in [2.75, 3.05) is 6.61 Å². The van der Waals surface area contributed by atoms with Crippen molar-refractivity contribution in [3.63, 3.8) is 0 Å². The molecule has 5 heteroatoms. The van der Waals surface area contributed by atoms with E-state index in [9.17, 15) is 5.11 Å². The van der Waals surface area contributed by atoms with E-state index in [1.807, 2.05) is 18.7 Å². The van der Waals surface area contributed by atoms with Crippen molar-refractivity contribution in [1.82, 2.24) is 4.98 Å². The van der Waals surface area contributed by atoms with Crippen molar-refractivity contribution in [2.24, 2.45) is 5.73 Å². The van der Waals surface area contributed by atoms with E-state index in [2.05, 4.69) is 10.4 Å². The van der Waals surface area contributed by atoms with Crippen LogP contribution >= 0.6 is 23.1 Å². The van der Waals surface area contributed by atoms with E-state index in [0.717, 1.165) is 29.3 Å². The smallest absolute Gasteiger partial charge is 0.150 e. The predicted molar refractivity (Wildman–Crippen MR) is 69.0 cm³/mol. The largest absolute Gasteiger partial charge is 0.394 e. The molecule has 2 atom stereocenters. The van der Waals surface area contributed by atoms with Gasteiger partial charge in [0.2, 0.25) is 0 Å². The van der Waals surface area contributed by atoms with Crippen LogP contribution in [0.3, 0.4) is 0 Å². The second-order valence-corrected chi connectivity index (χ2v) is 7.02. The Kier molecular flexibility index (Phi) is 3.89. The lowest BCUT2D eigenvalue weighted by atomic mass is 9.83. The molecule has 0 aliphatic heterocycles. The highest BCUT2D eigenvalue weighted by atomic mass is 32.2. The van der Waals surface area contributed by atoms with E-state index in [-0.39, 0.29) is 12.1 Å². The molecule has 0 radical (unpaired) electrons. The minimum absolute atomic E-state index is 0.0982. The highest BCUT2D eigenvalue weighted by Gasteiger charge is 2.32. The summed E-state index contributed by atoms with van der Waals surface area (Å²) in [5.41, 5.74) is 6.86. The van der Waals surface area contributed by atoms with E-state index < -0.39 is 0 Å². The zero-order valence-corrected chi connectivity index (χ0v) is 11.1. The number of rotatable bonds is 3. The standard InChI is InChI=1S/C11H18N2OS2/c1-8-6-15-10(13-8)16-9-3-2-4-11(12,5-9)7-14/h6,9,14H,2-5,7,12H2,1H3. The first-order chi connectivity index (χ1) is 7.61. The van der Waals surface area contributed by atoms with E-state index in [1.165, 1.54) is 6.42 Å². The Balaban J connectivity index is 1.95. The van der Waals surface area contributed by atoms with Gasteiger partial charge in [0, 0.05) is 21.9 Å². The third-order valence-corrected chi connectivity index (χ3v) is 5.37. The number of thiazole rings is 1.